The van der Waals surface area contributed by atoms with Gasteiger partial charge in [0.05, 0.1) is 6.10 Å². The molecule has 2 fully saturated rings. The van der Waals surface area contributed by atoms with Gasteiger partial charge in [0, 0.05) is 38.8 Å². The molecule has 3 unspecified atom stereocenters. The molecule has 0 aromatic rings. The average molecular weight is 254 g/mol. The van der Waals surface area contributed by atoms with E-state index in [0.29, 0.717) is 6.10 Å². The number of ether oxygens (including phenoxy) is 1. The summed E-state index contributed by atoms with van der Waals surface area (Å²) in [6, 6.07) is 1.49. The van der Waals surface area contributed by atoms with Crippen molar-refractivity contribution in [3.8, 4) is 0 Å². The molecule has 3 nitrogen and oxygen atoms in total. The van der Waals surface area contributed by atoms with Crippen molar-refractivity contribution in [3.05, 3.63) is 0 Å². The van der Waals surface area contributed by atoms with Crippen molar-refractivity contribution in [3.63, 3.8) is 0 Å². The molecule has 1 N–H and O–H groups in total. The number of piperazine rings is 1. The fourth-order valence-electron chi connectivity index (χ4n) is 3.66. The largest absolute Gasteiger partial charge is 0.381 e. The first-order chi connectivity index (χ1) is 8.70. The minimum atomic E-state index is 0.498. The van der Waals surface area contributed by atoms with Gasteiger partial charge in [0.2, 0.25) is 0 Å². The quantitative estimate of drug-likeness (QED) is 0.833. The van der Waals surface area contributed by atoms with Crippen molar-refractivity contribution in [2.75, 3.05) is 26.7 Å². The highest BCUT2D eigenvalue weighted by molar-refractivity contribution is 4.89. The molecular weight excluding hydrogens is 224 g/mol. The summed E-state index contributed by atoms with van der Waals surface area (Å²) < 4.78 is 5.59. The molecule has 1 saturated heterocycles. The summed E-state index contributed by atoms with van der Waals surface area (Å²) in [6.45, 7) is 8.23. The van der Waals surface area contributed by atoms with E-state index in [-0.39, 0.29) is 0 Å². The molecule has 1 saturated carbocycles. The van der Waals surface area contributed by atoms with E-state index in [1.807, 2.05) is 7.11 Å². The van der Waals surface area contributed by atoms with Gasteiger partial charge < -0.3 is 10.1 Å². The Kier molecular flexibility index (Phi) is 5.46. The van der Waals surface area contributed by atoms with Crippen molar-refractivity contribution in [2.24, 2.45) is 5.92 Å². The fraction of sp³-hybridized carbons (Fsp3) is 1.00. The molecule has 0 aromatic carbocycles. The van der Waals surface area contributed by atoms with Gasteiger partial charge in [0.25, 0.3) is 0 Å². The maximum Gasteiger partial charge on any atom is 0.0586 e. The van der Waals surface area contributed by atoms with E-state index in [9.17, 15) is 0 Å². The SMILES string of the molecule is COC1CCCC(N2CCNCC2CC(C)C)C1. The Labute approximate surface area is 112 Å². The first-order valence-corrected chi connectivity index (χ1v) is 7.70. The number of hydrogen-bond donors (Lipinski definition) is 1. The molecule has 106 valence electrons. The highest BCUT2D eigenvalue weighted by Crippen LogP contribution is 2.28. The van der Waals surface area contributed by atoms with Crippen molar-refractivity contribution in [2.45, 2.75) is 64.1 Å². The van der Waals surface area contributed by atoms with Gasteiger partial charge >= 0.3 is 0 Å². The van der Waals surface area contributed by atoms with Crippen LogP contribution in [0.1, 0.15) is 46.0 Å². The molecule has 0 spiro atoms. The normalized spacial score (nSPS) is 35.0. The van der Waals surface area contributed by atoms with Crippen LogP contribution < -0.4 is 5.32 Å². The third-order valence-corrected chi connectivity index (χ3v) is 4.54. The van der Waals surface area contributed by atoms with Gasteiger partial charge in [0.1, 0.15) is 0 Å². The lowest BCUT2D eigenvalue weighted by Crippen LogP contribution is -2.56. The van der Waals surface area contributed by atoms with Gasteiger partial charge in [-0.25, -0.2) is 0 Å². The van der Waals surface area contributed by atoms with E-state index in [2.05, 4.69) is 24.1 Å². The van der Waals surface area contributed by atoms with Gasteiger partial charge in [-0.1, -0.05) is 13.8 Å². The van der Waals surface area contributed by atoms with E-state index < -0.39 is 0 Å². The number of nitrogens with one attached hydrogen (secondary N) is 1. The second-order valence-corrected chi connectivity index (χ2v) is 6.40. The Morgan fingerprint density at radius 1 is 1.33 bits per heavy atom. The Balaban J connectivity index is 1.94. The summed E-state index contributed by atoms with van der Waals surface area (Å²) in [4.78, 5) is 2.78. The second kappa shape index (κ2) is 6.88. The molecule has 1 aliphatic carbocycles. The molecule has 2 aliphatic rings. The Morgan fingerprint density at radius 2 is 2.17 bits per heavy atom. The van der Waals surface area contributed by atoms with Gasteiger partial charge in [-0.15, -0.1) is 0 Å². The molecule has 0 bridgehead atoms. The molecule has 3 atom stereocenters. The van der Waals surface area contributed by atoms with Crippen LogP contribution in [0, 0.1) is 5.92 Å². The monoisotopic (exact) mass is 254 g/mol. The topological polar surface area (TPSA) is 24.5 Å². The molecule has 0 amide bonds. The Morgan fingerprint density at radius 3 is 2.89 bits per heavy atom. The van der Waals surface area contributed by atoms with Crippen LogP contribution in [0.3, 0.4) is 0 Å². The van der Waals surface area contributed by atoms with Gasteiger partial charge in [-0.2, -0.15) is 0 Å². The van der Waals surface area contributed by atoms with Crippen molar-refractivity contribution < 1.29 is 4.74 Å². The number of nitrogens with zero attached hydrogens (tertiary/aromatic N) is 1. The first kappa shape index (κ1) is 14.3. The first-order valence-electron chi connectivity index (χ1n) is 7.70. The highest BCUT2D eigenvalue weighted by atomic mass is 16.5. The summed E-state index contributed by atoms with van der Waals surface area (Å²) >= 11 is 0. The zero-order valence-electron chi connectivity index (χ0n) is 12.3. The van der Waals surface area contributed by atoms with Crippen LogP contribution in [-0.4, -0.2) is 49.8 Å². The maximum atomic E-state index is 5.59. The van der Waals surface area contributed by atoms with Crippen LogP contribution in [0.4, 0.5) is 0 Å². The zero-order chi connectivity index (χ0) is 13.0. The van der Waals surface area contributed by atoms with Crippen LogP contribution in [0.5, 0.6) is 0 Å². The van der Waals surface area contributed by atoms with E-state index in [0.717, 1.165) is 24.5 Å². The summed E-state index contributed by atoms with van der Waals surface area (Å²) in [5, 5.41) is 3.56. The third kappa shape index (κ3) is 3.69. The lowest BCUT2D eigenvalue weighted by Gasteiger charge is -2.45. The molecule has 0 aromatic heterocycles. The number of methoxy groups -OCH3 is 1. The van der Waals surface area contributed by atoms with E-state index in [4.69, 9.17) is 4.74 Å². The Bertz CT molecular complexity index is 245. The number of rotatable bonds is 4. The zero-order valence-corrected chi connectivity index (χ0v) is 12.3. The lowest BCUT2D eigenvalue weighted by molar-refractivity contribution is 0.00391. The van der Waals surface area contributed by atoms with E-state index in [1.165, 1.54) is 45.2 Å². The van der Waals surface area contributed by atoms with Crippen LogP contribution in [0.15, 0.2) is 0 Å². The Hall–Kier alpha value is -0.120. The van der Waals surface area contributed by atoms with Crippen LogP contribution >= 0.6 is 0 Å². The molecule has 3 heteroatoms. The molecule has 1 heterocycles. The van der Waals surface area contributed by atoms with E-state index >= 15 is 0 Å². The van der Waals surface area contributed by atoms with Crippen molar-refractivity contribution >= 4 is 0 Å². The summed E-state index contributed by atoms with van der Waals surface area (Å²) in [5.41, 5.74) is 0. The van der Waals surface area contributed by atoms with Crippen LogP contribution in [0.25, 0.3) is 0 Å². The maximum absolute atomic E-state index is 5.59. The fourth-order valence-corrected chi connectivity index (χ4v) is 3.66. The van der Waals surface area contributed by atoms with Gasteiger partial charge in [-0.05, 0) is 38.0 Å². The van der Waals surface area contributed by atoms with Gasteiger partial charge in [-0.3, -0.25) is 4.90 Å². The standard InChI is InChI=1S/C15H30N2O/c1-12(2)9-14-11-16-7-8-17(14)13-5-4-6-15(10-13)18-3/h12-16H,4-11H2,1-3H3. The minimum Gasteiger partial charge on any atom is -0.381 e. The average Bonchev–Trinajstić information content (AvgIpc) is 2.39. The molecule has 2 rings (SSSR count). The smallest absolute Gasteiger partial charge is 0.0586 e. The third-order valence-electron chi connectivity index (χ3n) is 4.54. The van der Waals surface area contributed by atoms with Crippen molar-refractivity contribution in [1.29, 1.82) is 0 Å². The molecule has 0 radical (unpaired) electrons. The highest BCUT2D eigenvalue weighted by Gasteiger charge is 2.32. The summed E-state index contributed by atoms with van der Waals surface area (Å²) in [6.07, 6.45) is 7.02. The molecule has 1 aliphatic heterocycles. The van der Waals surface area contributed by atoms with Crippen LogP contribution in [0.2, 0.25) is 0 Å². The van der Waals surface area contributed by atoms with E-state index in [1.54, 1.807) is 0 Å². The predicted molar refractivity (Wildman–Crippen MR) is 75.9 cm³/mol. The van der Waals surface area contributed by atoms with Crippen LogP contribution in [-0.2, 0) is 4.74 Å². The predicted octanol–water partition coefficient (Wildman–Crippen LogP) is 2.26. The minimum absolute atomic E-state index is 0.498. The number of hydrogen-bond acceptors (Lipinski definition) is 3. The molecule has 18 heavy (non-hydrogen) atoms. The lowest BCUT2D eigenvalue weighted by atomic mass is 9.89. The molecular formula is C15H30N2O. The van der Waals surface area contributed by atoms with Crippen molar-refractivity contribution in [1.82, 2.24) is 10.2 Å². The summed E-state index contributed by atoms with van der Waals surface area (Å²) in [7, 11) is 1.87. The van der Waals surface area contributed by atoms with Gasteiger partial charge in [0.15, 0.2) is 0 Å². The second-order valence-electron chi connectivity index (χ2n) is 6.40. The summed E-state index contributed by atoms with van der Waals surface area (Å²) in [5.74, 6) is 0.791.